The van der Waals surface area contributed by atoms with Gasteiger partial charge < -0.3 is 14.8 Å². The van der Waals surface area contributed by atoms with Gasteiger partial charge in [-0.25, -0.2) is 12.8 Å². The molecule has 0 spiro atoms. The zero-order valence-corrected chi connectivity index (χ0v) is 22.1. The summed E-state index contributed by atoms with van der Waals surface area (Å²) in [5.74, 6) is 0.598. The summed E-state index contributed by atoms with van der Waals surface area (Å²) in [6, 6.07) is 17.0. The van der Waals surface area contributed by atoms with Crippen LogP contribution >= 0.6 is 23.4 Å². The molecule has 192 valence electrons. The fourth-order valence-corrected chi connectivity index (χ4v) is 5.95. The first kappa shape index (κ1) is 27.6. The number of anilines is 1. The van der Waals surface area contributed by atoms with Gasteiger partial charge in [-0.3, -0.25) is 9.10 Å². The van der Waals surface area contributed by atoms with E-state index < -0.39 is 22.5 Å². The van der Waals surface area contributed by atoms with Crippen LogP contribution in [0.15, 0.2) is 71.6 Å². The number of methoxy groups -OCH3 is 2. The maximum Gasteiger partial charge on any atom is 0.264 e. The Morgan fingerprint density at radius 1 is 1.06 bits per heavy atom. The lowest BCUT2D eigenvalue weighted by Gasteiger charge is -2.26. The minimum Gasteiger partial charge on any atom is -0.497 e. The summed E-state index contributed by atoms with van der Waals surface area (Å²) in [6.07, 6.45) is 0. The van der Waals surface area contributed by atoms with Crippen LogP contribution in [0.5, 0.6) is 11.5 Å². The maximum absolute atomic E-state index is 13.9. The van der Waals surface area contributed by atoms with Crippen molar-refractivity contribution in [3.63, 3.8) is 0 Å². The minimum atomic E-state index is -4.11. The predicted molar refractivity (Wildman–Crippen MR) is 141 cm³/mol. The lowest BCUT2D eigenvalue weighted by molar-refractivity contribution is -0.119. The van der Waals surface area contributed by atoms with Gasteiger partial charge in [-0.05, 0) is 36.4 Å². The lowest BCUT2D eigenvalue weighted by atomic mass is 10.2. The molecule has 1 N–H and O–H groups in total. The van der Waals surface area contributed by atoms with Gasteiger partial charge in [-0.15, -0.1) is 0 Å². The summed E-state index contributed by atoms with van der Waals surface area (Å²) < 4.78 is 52.6. The monoisotopic (exact) mass is 552 g/mol. The van der Waals surface area contributed by atoms with E-state index in [9.17, 15) is 17.6 Å². The van der Waals surface area contributed by atoms with Gasteiger partial charge in [0.1, 0.15) is 23.9 Å². The van der Waals surface area contributed by atoms with E-state index in [1.165, 1.54) is 50.2 Å². The van der Waals surface area contributed by atoms with Crippen LogP contribution in [-0.2, 0) is 20.6 Å². The van der Waals surface area contributed by atoms with Crippen molar-refractivity contribution >= 4 is 45.0 Å². The number of amides is 1. The van der Waals surface area contributed by atoms with E-state index in [2.05, 4.69) is 5.32 Å². The summed E-state index contributed by atoms with van der Waals surface area (Å²) in [4.78, 5) is 12.8. The van der Waals surface area contributed by atoms with Gasteiger partial charge in [0, 0.05) is 34.7 Å². The molecule has 3 aromatic carbocycles. The van der Waals surface area contributed by atoms with Crippen molar-refractivity contribution in [1.82, 2.24) is 5.32 Å². The molecule has 0 bridgehead atoms. The standard InChI is InChI=1S/C25H26ClFN2O5S2/c1-33-18-11-12-24(34-2)23(15-18)29(36(31,32)19-7-4-3-5-8-19)16-25(30)28-13-14-35-17-20-21(26)9-6-10-22(20)27/h3-12,15H,13-14,16-17H2,1-2H3,(H,28,30). The number of halogens is 2. The van der Waals surface area contributed by atoms with Crippen LogP contribution in [0.2, 0.25) is 5.02 Å². The van der Waals surface area contributed by atoms with Gasteiger partial charge in [-0.1, -0.05) is 35.9 Å². The summed E-state index contributed by atoms with van der Waals surface area (Å²) in [6.45, 7) is -0.228. The van der Waals surface area contributed by atoms with Crippen molar-refractivity contribution < 1.29 is 27.1 Å². The van der Waals surface area contributed by atoms with Crippen LogP contribution in [0, 0.1) is 5.82 Å². The van der Waals surface area contributed by atoms with Crippen molar-refractivity contribution in [2.45, 2.75) is 10.6 Å². The van der Waals surface area contributed by atoms with Gasteiger partial charge in [-0.2, -0.15) is 11.8 Å². The van der Waals surface area contributed by atoms with E-state index in [-0.39, 0.29) is 28.7 Å². The van der Waals surface area contributed by atoms with Crippen LogP contribution < -0.4 is 19.1 Å². The number of nitrogens with zero attached hydrogens (tertiary/aromatic N) is 1. The SMILES string of the molecule is COc1ccc(OC)c(N(CC(=O)NCCSCc2c(F)cccc2Cl)S(=O)(=O)c2ccccc2)c1. The number of nitrogens with one attached hydrogen (secondary N) is 1. The normalized spacial score (nSPS) is 11.1. The fourth-order valence-electron chi connectivity index (χ4n) is 3.30. The first-order valence-electron chi connectivity index (χ1n) is 10.8. The second-order valence-electron chi connectivity index (χ2n) is 7.47. The zero-order valence-electron chi connectivity index (χ0n) is 19.7. The van der Waals surface area contributed by atoms with Crippen LogP contribution in [0.3, 0.4) is 0 Å². The number of hydrogen-bond acceptors (Lipinski definition) is 6. The molecule has 0 saturated carbocycles. The average Bonchev–Trinajstić information content (AvgIpc) is 2.88. The Balaban J connectivity index is 1.74. The van der Waals surface area contributed by atoms with E-state index in [1.807, 2.05) is 0 Å². The van der Waals surface area contributed by atoms with Crippen LogP contribution in [0.25, 0.3) is 0 Å². The minimum absolute atomic E-state index is 0.0278. The highest BCUT2D eigenvalue weighted by Gasteiger charge is 2.29. The van der Waals surface area contributed by atoms with Crippen LogP contribution in [-0.4, -0.2) is 47.4 Å². The molecule has 0 fully saturated rings. The number of rotatable bonds is 12. The number of ether oxygens (including phenoxy) is 2. The molecule has 0 aromatic heterocycles. The summed E-state index contributed by atoms with van der Waals surface area (Å²) in [5, 5.41) is 3.07. The zero-order chi connectivity index (χ0) is 26.1. The number of benzene rings is 3. The molecule has 7 nitrogen and oxygen atoms in total. The Morgan fingerprint density at radius 3 is 2.47 bits per heavy atom. The Kier molecular flexibility index (Phi) is 9.86. The first-order valence-corrected chi connectivity index (χ1v) is 13.8. The molecule has 0 aliphatic heterocycles. The third kappa shape index (κ3) is 6.83. The topological polar surface area (TPSA) is 84.9 Å². The van der Waals surface area contributed by atoms with E-state index in [1.54, 1.807) is 42.5 Å². The van der Waals surface area contributed by atoms with E-state index in [0.717, 1.165) is 4.31 Å². The average molecular weight is 553 g/mol. The molecular weight excluding hydrogens is 527 g/mol. The summed E-state index contributed by atoms with van der Waals surface area (Å²) in [5.41, 5.74) is 0.570. The Labute approximate surface area is 219 Å². The second-order valence-corrected chi connectivity index (χ2v) is 10.8. The Morgan fingerprint density at radius 2 is 1.81 bits per heavy atom. The number of carbonyl (C=O) groups is 1. The third-order valence-electron chi connectivity index (χ3n) is 5.15. The number of sulfonamides is 1. The second kappa shape index (κ2) is 12.8. The molecule has 3 aromatic rings. The Hall–Kier alpha value is -2.95. The van der Waals surface area contributed by atoms with Gasteiger partial charge >= 0.3 is 0 Å². The summed E-state index contributed by atoms with van der Waals surface area (Å²) in [7, 11) is -1.24. The Bertz CT molecular complexity index is 1270. The lowest BCUT2D eigenvalue weighted by Crippen LogP contribution is -2.41. The molecule has 36 heavy (non-hydrogen) atoms. The van der Waals surface area contributed by atoms with Crippen LogP contribution in [0.4, 0.5) is 10.1 Å². The molecule has 0 unspecified atom stereocenters. The molecule has 3 rings (SSSR count). The molecular formula is C25H26ClFN2O5S2. The fraction of sp³-hybridized carbons (Fsp3) is 0.240. The van der Waals surface area contributed by atoms with Crippen molar-refractivity contribution in [3.05, 3.63) is 83.1 Å². The summed E-state index contributed by atoms with van der Waals surface area (Å²) >= 11 is 7.44. The third-order valence-corrected chi connectivity index (χ3v) is 8.26. The molecule has 11 heteroatoms. The highest BCUT2D eigenvalue weighted by molar-refractivity contribution is 7.98. The van der Waals surface area contributed by atoms with E-state index >= 15 is 0 Å². The quantitative estimate of drug-likeness (QED) is 0.327. The molecule has 0 aliphatic carbocycles. The van der Waals surface area contributed by atoms with E-state index in [4.69, 9.17) is 21.1 Å². The van der Waals surface area contributed by atoms with Crippen molar-refractivity contribution in [1.29, 1.82) is 0 Å². The first-order chi connectivity index (χ1) is 17.3. The maximum atomic E-state index is 13.9. The molecule has 0 aliphatic rings. The smallest absolute Gasteiger partial charge is 0.264 e. The van der Waals surface area contributed by atoms with Gasteiger partial charge in [0.25, 0.3) is 10.0 Å². The number of thioether (sulfide) groups is 1. The largest absolute Gasteiger partial charge is 0.497 e. The van der Waals surface area contributed by atoms with Crippen LogP contribution in [0.1, 0.15) is 5.56 Å². The predicted octanol–water partition coefficient (Wildman–Crippen LogP) is 4.74. The number of hydrogen-bond donors (Lipinski definition) is 1. The van der Waals surface area contributed by atoms with Crippen molar-refractivity contribution in [2.24, 2.45) is 0 Å². The molecule has 0 saturated heterocycles. The highest BCUT2D eigenvalue weighted by Crippen LogP contribution is 2.35. The number of carbonyl (C=O) groups excluding carboxylic acids is 1. The molecule has 0 radical (unpaired) electrons. The highest BCUT2D eigenvalue weighted by atomic mass is 35.5. The molecule has 0 atom stereocenters. The molecule has 0 heterocycles. The van der Waals surface area contributed by atoms with Crippen molar-refractivity contribution in [2.75, 3.05) is 37.4 Å². The molecule has 1 amide bonds. The van der Waals surface area contributed by atoms with Crippen molar-refractivity contribution in [3.8, 4) is 11.5 Å². The van der Waals surface area contributed by atoms with Gasteiger partial charge in [0.2, 0.25) is 5.91 Å². The van der Waals surface area contributed by atoms with Gasteiger partial charge in [0.05, 0.1) is 24.8 Å². The van der Waals surface area contributed by atoms with Gasteiger partial charge in [0.15, 0.2) is 0 Å². The van der Waals surface area contributed by atoms with E-state index in [0.29, 0.717) is 27.8 Å².